The highest BCUT2D eigenvalue weighted by molar-refractivity contribution is 5.87. The van der Waals surface area contributed by atoms with Crippen molar-refractivity contribution in [1.29, 1.82) is 0 Å². The van der Waals surface area contributed by atoms with Gasteiger partial charge in [0.05, 0.1) is 50.4 Å². The molecule has 0 unspecified atom stereocenters. The number of aromatic nitrogens is 3. The summed E-state index contributed by atoms with van der Waals surface area (Å²) in [7, 11) is 0. The van der Waals surface area contributed by atoms with E-state index in [0.29, 0.717) is 0 Å². The van der Waals surface area contributed by atoms with Crippen molar-refractivity contribution in [2.75, 3.05) is 0 Å². The van der Waals surface area contributed by atoms with E-state index in [9.17, 15) is 0 Å². The maximum absolute atomic E-state index is 6.89. The predicted molar refractivity (Wildman–Crippen MR) is 613 cm³/mol. The Bertz CT molecular complexity index is 8540. The van der Waals surface area contributed by atoms with Gasteiger partial charge in [-0.05, 0) is 167 Å². The smallest absolute Gasteiger partial charge is 0.140 e. The molecule has 3 aliphatic rings. The second-order valence-electron chi connectivity index (χ2n) is 38.2. The van der Waals surface area contributed by atoms with E-state index in [1.165, 1.54) is 50.1 Å². The first-order chi connectivity index (χ1) is 74.3. The fourth-order valence-electron chi connectivity index (χ4n) is 22.4. The number of pyridine rings is 3. The van der Waals surface area contributed by atoms with E-state index >= 15 is 0 Å². The molecule has 24 aromatic rings. The molecule has 0 saturated carbocycles. The van der Waals surface area contributed by atoms with Crippen molar-refractivity contribution >= 4 is 0 Å². The Morgan fingerprint density at radius 3 is 0.667 bits per heavy atom. The average molecular weight is 1920 g/mol. The lowest BCUT2D eigenvalue weighted by atomic mass is 9.63. The summed E-state index contributed by atoms with van der Waals surface area (Å²) in [6.07, 6.45) is 0. The number of hydrogen-bond donors (Lipinski definition) is 0. The predicted octanol–water partition coefficient (Wildman–Crippen LogP) is 36.7. The number of hydrogen-bond acceptors (Lipinski definition) is 6. The van der Waals surface area contributed by atoms with Crippen LogP contribution in [0.25, 0.3) is 134 Å². The molecule has 708 valence electrons. The fourth-order valence-corrected chi connectivity index (χ4v) is 22.4. The Hall–Kier alpha value is -19.5. The summed E-state index contributed by atoms with van der Waals surface area (Å²) in [4.78, 5) is 15.4. The molecule has 6 nitrogen and oxygen atoms in total. The monoisotopic (exact) mass is 1920 g/mol. The molecule has 6 heteroatoms. The first-order valence-corrected chi connectivity index (χ1v) is 51.1. The molecule has 150 heavy (non-hydrogen) atoms. The van der Waals surface area contributed by atoms with E-state index in [1.54, 1.807) is 0 Å². The van der Waals surface area contributed by atoms with Crippen LogP contribution in [-0.2, 0) is 16.2 Å². The number of ether oxygens (including phenoxy) is 3. The average Bonchev–Trinajstić information content (AvgIpc) is 0.745. The first kappa shape index (κ1) is 91.7. The summed E-state index contributed by atoms with van der Waals surface area (Å²) in [5.41, 5.74) is 38.1. The number of rotatable bonds is 18. The molecule has 3 aromatic heterocycles. The Morgan fingerprint density at radius 2 is 0.333 bits per heavy atom. The van der Waals surface area contributed by atoms with E-state index in [0.717, 1.165) is 185 Å². The lowest BCUT2D eigenvalue weighted by molar-refractivity contribution is 0.434. The van der Waals surface area contributed by atoms with Gasteiger partial charge >= 0.3 is 0 Å². The normalized spacial score (nSPS) is 12.7. The van der Waals surface area contributed by atoms with Gasteiger partial charge in [-0.25, -0.2) is 15.0 Å². The highest BCUT2D eigenvalue weighted by Crippen LogP contribution is 2.61. The van der Waals surface area contributed by atoms with Crippen molar-refractivity contribution in [3.63, 3.8) is 0 Å². The molecule has 0 N–H and O–H groups in total. The van der Waals surface area contributed by atoms with Crippen LogP contribution in [0.2, 0.25) is 0 Å². The Labute approximate surface area is 875 Å². The van der Waals surface area contributed by atoms with Crippen LogP contribution in [0, 0.1) is 0 Å². The highest BCUT2D eigenvalue weighted by Gasteiger charge is 2.49. The maximum Gasteiger partial charge on any atom is 0.140 e. The van der Waals surface area contributed by atoms with Crippen LogP contribution in [0.5, 0.6) is 34.5 Å². The number of fused-ring (bicyclic) bond motifs is 6. The molecule has 0 saturated heterocycles. The van der Waals surface area contributed by atoms with E-state index < -0.39 is 16.2 Å². The molecule has 0 amide bonds. The van der Waals surface area contributed by atoms with Crippen LogP contribution in [0.15, 0.2) is 601 Å². The summed E-state index contributed by atoms with van der Waals surface area (Å²) < 4.78 is 20.3. The number of nitrogens with zero attached hydrogens (tertiary/aromatic N) is 3. The first-order valence-electron chi connectivity index (χ1n) is 51.1. The summed E-state index contributed by atoms with van der Waals surface area (Å²) in [5, 5.41) is 0. The molecule has 0 spiro atoms. The third-order valence-corrected chi connectivity index (χ3v) is 29.5. The van der Waals surface area contributed by atoms with Crippen molar-refractivity contribution in [2.24, 2.45) is 0 Å². The third-order valence-electron chi connectivity index (χ3n) is 29.5. The van der Waals surface area contributed by atoms with E-state index in [1.807, 2.05) is 24.3 Å². The minimum absolute atomic E-state index is 0.527. The van der Waals surface area contributed by atoms with Crippen molar-refractivity contribution in [1.82, 2.24) is 15.0 Å². The topological polar surface area (TPSA) is 66.4 Å². The molecule has 6 heterocycles. The summed E-state index contributed by atoms with van der Waals surface area (Å²) >= 11 is 0. The van der Waals surface area contributed by atoms with Gasteiger partial charge < -0.3 is 14.2 Å². The highest BCUT2D eigenvalue weighted by atomic mass is 16.5. The van der Waals surface area contributed by atoms with Crippen LogP contribution in [0.4, 0.5) is 0 Å². The van der Waals surface area contributed by atoms with Crippen LogP contribution in [0.1, 0.15) is 66.8 Å². The van der Waals surface area contributed by atoms with Crippen molar-refractivity contribution in [3.05, 3.63) is 667 Å². The van der Waals surface area contributed by atoms with Crippen LogP contribution >= 0.6 is 0 Å². The van der Waals surface area contributed by atoms with Gasteiger partial charge in [0.25, 0.3) is 0 Å². The van der Waals surface area contributed by atoms with E-state index in [-0.39, 0.29) is 0 Å². The van der Waals surface area contributed by atoms with Crippen molar-refractivity contribution in [2.45, 2.75) is 16.2 Å². The fraction of sp³-hybridized carbons (Fsp3) is 0.0208. The summed E-state index contributed by atoms with van der Waals surface area (Å²) in [6.45, 7) is 0. The van der Waals surface area contributed by atoms with Crippen molar-refractivity contribution in [3.8, 4) is 169 Å². The molecule has 21 aromatic carbocycles. The minimum Gasteiger partial charge on any atom is -0.457 e. The zero-order valence-electron chi connectivity index (χ0n) is 82.2. The van der Waals surface area contributed by atoms with Crippen LogP contribution < -0.4 is 14.2 Å². The van der Waals surface area contributed by atoms with Gasteiger partial charge in [0.2, 0.25) is 0 Å². The Balaban J connectivity index is 0.000000116. The van der Waals surface area contributed by atoms with Crippen LogP contribution in [-0.4, -0.2) is 15.0 Å². The number of para-hydroxylation sites is 4. The molecule has 0 aliphatic carbocycles. The molecule has 0 fully saturated rings. The van der Waals surface area contributed by atoms with Gasteiger partial charge in [0.1, 0.15) is 34.5 Å². The summed E-state index contributed by atoms with van der Waals surface area (Å²) in [5.74, 6) is 5.23. The van der Waals surface area contributed by atoms with Crippen LogP contribution in [0.3, 0.4) is 0 Å². The minimum atomic E-state index is -0.557. The van der Waals surface area contributed by atoms with Gasteiger partial charge in [-0.1, -0.05) is 528 Å². The molecular weight excluding hydrogens is 1820 g/mol. The number of benzene rings is 21. The van der Waals surface area contributed by atoms with Gasteiger partial charge in [0, 0.05) is 72.3 Å². The zero-order chi connectivity index (χ0) is 100.0. The molecule has 3 aliphatic heterocycles. The quantitative estimate of drug-likeness (QED) is 0.0853. The maximum atomic E-state index is 6.89. The van der Waals surface area contributed by atoms with Gasteiger partial charge in [0.15, 0.2) is 0 Å². The van der Waals surface area contributed by atoms with Crippen molar-refractivity contribution < 1.29 is 14.2 Å². The molecule has 0 radical (unpaired) electrons. The Kier molecular flexibility index (Phi) is 24.8. The van der Waals surface area contributed by atoms with Gasteiger partial charge in [-0.2, -0.15) is 0 Å². The summed E-state index contributed by atoms with van der Waals surface area (Å²) in [6, 6.07) is 212. The third kappa shape index (κ3) is 17.3. The zero-order valence-corrected chi connectivity index (χ0v) is 82.2. The second-order valence-corrected chi connectivity index (χ2v) is 38.2. The standard InChI is InChI=1S/3C48H33NO/c1-5-16-34(17-6-1)38-32-44(36-18-7-2-8-19-36)49-45(33-38)37-30-28-35(29-31-37)41-24-15-26-43-47(41)50-46-27-14-13-25-42(46)48(43,39-20-9-3-10-21-39)40-22-11-4-12-23-40;1-5-15-34(16-6-1)39-31-44(36-17-7-2-8-18-36)49-45(32-39)37-27-25-35(26-28-37)38-29-30-43-47(33-38)50-46-24-14-13-23-42(46)48(43,40-19-9-3-10-20-40)41-21-11-4-12-22-41;1-5-15-34(16-6-1)39-32-44(36-17-7-2-8-18-36)49-45(33-39)37-27-25-35(26-28-37)38-29-30-47-43(31-38)48(40-19-9-3-10-20-40,41-21-11-4-12-22-41)42-23-13-14-24-46(42)50-47/h3*1-33H. The largest absolute Gasteiger partial charge is 0.457 e. The van der Waals surface area contributed by atoms with E-state index in [2.05, 4.69) is 576 Å². The lowest BCUT2D eigenvalue weighted by Crippen LogP contribution is -2.34. The SMILES string of the molecule is c1ccc(-c2cc(-c3ccccc3)nc(-c3ccc(-c4ccc5c(c4)C(c4ccccc4)(c4ccccc4)c4ccccc4O5)cc3)c2)cc1.c1ccc(-c2cc(-c3ccccc3)nc(-c3ccc(-c4ccc5c(c4)Oc4ccccc4C5(c4ccccc4)c4ccccc4)cc3)c2)cc1.c1ccc(-c2cc(-c3ccccc3)nc(-c3ccc(-c4cccc5c4Oc4ccccc4C5(c4ccccc4)c4ccccc4)cc3)c2)cc1. The molecular formula is C144H99N3O3. The van der Waals surface area contributed by atoms with E-state index in [4.69, 9.17) is 29.2 Å². The Morgan fingerprint density at radius 1 is 0.120 bits per heavy atom. The lowest BCUT2D eigenvalue weighted by Gasteiger charge is -2.42. The van der Waals surface area contributed by atoms with Gasteiger partial charge in [-0.15, -0.1) is 0 Å². The second kappa shape index (κ2) is 40.6. The molecule has 0 bridgehead atoms. The molecule has 0 atom stereocenters. The molecule has 27 rings (SSSR count). The van der Waals surface area contributed by atoms with Gasteiger partial charge in [-0.3, -0.25) is 0 Å².